The van der Waals surface area contributed by atoms with Crippen molar-refractivity contribution < 1.29 is 19.4 Å². The second-order valence-electron chi connectivity index (χ2n) is 11.2. The van der Waals surface area contributed by atoms with Crippen LogP contribution in [0.1, 0.15) is 54.1 Å². The van der Waals surface area contributed by atoms with Crippen molar-refractivity contribution in [3.8, 4) is 11.1 Å². The maximum Gasteiger partial charge on any atom is 0.217 e. The summed E-state index contributed by atoms with van der Waals surface area (Å²) in [7, 11) is 2.13. The number of likely N-dealkylation sites (N-methyl/N-ethyl adjacent to an activating group) is 1. The van der Waals surface area contributed by atoms with Crippen molar-refractivity contribution >= 4 is 5.91 Å². The average Bonchev–Trinajstić information content (AvgIpc) is 3.02. The Kier molecular flexibility index (Phi) is 9.82. The molecule has 0 saturated carbocycles. The van der Waals surface area contributed by atoms with E-state index in [2.05, 4.69) is 90.9 Å². The maximum atomic E-state index is 11.5. The number of ether oxygens (including phenoxy) is 2. The van der Waals surface area contributed by atoms with E-state index in [4.69, 9.17) is 9.47 Å². The molecule has 0 radical (unpaired) electrons. The third-order valence-corrected chi connectivity index (χ3v) is 7.95. The summed E-state index contributed by atoms with van der Waals surface area (Å²) in [5, 5.41) is 12.5. The summed E-state index contributed by atoms with van der Waals surface area (Å²) in [4.78, 5) is 13.8. The van der Waals surface area contributed by atoms with Crippen LogP contribution in [0.25, 0.3) is 11.1 Å². The Balaban J connectivity index is 1.38. The standard InChI is InChI=1S/C36H40N2O4/c1-25-34(23-38(3)22-27-9-5-4-6-10-27)41-36(42-35(25)30-15-13-28(24-39)14-16-30)31-19-17-29(18-20-31)33-12-8-7-11-32(33)21-37-26(2)40/h4-20,25,34-36,39H,21-24H2,1-3H3,(H,37,40)/t25-,34+,35+,36+/m1/s1. The molecule has 2 N–H and O–H groups in total. The number of hydrogen-bond donors (Lipinski definition) is 2. The quantitative estimate of drug-likeness (QED) is 0.233. The highest BCUT2D eigenvalue weighted by Crippen LogP contribution is 2.42. The Bertz CT molecular complexity index is 1440. The van der Waals surface area contributed by atoms with E-state index in [9.17, 15) is 9.90 Å². The van der Waals surface area contributed by atoms with E-state index in [-0.39, 0.29) is 30.6 Å². The van der Waals surface area contributed by atoms with Gasteiger partial charge < -0.3 is 19.9 Å². The zero-order chi connectivity index (χ0) is 29.5. The van der Waals surface area contributed by atoms with Crippen LogP contribution < -0.4 is 5.32 Å². The molecule has 0 bridgehead atoms. The summed E-state index contributed by atoms with van der Waals surface area (Å²) in [6.45, 7) is 5.81. The van der Waals surface area contributed by atoms with Crippen molar-refractivity contribution in [1.82, 2.24) is 10.2 Å². The Hall–Kier alpha value is -3.81. The summed E-state index contributed by atoms with van der Waals surface area (Å²) in [5.41, 5.74) is 7.39. The molecular formula is C36H40N2O4. The van der Waals surface area contributed by atoms with Crippen LogP contribution in [0.3, 0.4) is 0 Å². The lowest BCUT2D eigenvalue weighted by molar-refractivity contribution is -0.276. The first-order valence-corrected chi connectivity index (χ1v) is 14.6. The molecule has 5 rings (SSSR count). The highest BCUT2D eigenvalue weighted by atomic mass is 16.7. The van der Waals surface area contributed by atoms with Crippen molar-refractivity contribution in [3.63, 3.8) is 0 Å². The lowest BCUT2D eigenvalue weighted by Crippen LogP contribution is -2.43. The SMILES string of the molecule is CC(=O)NCc1ccccc1-c1ccc([C@H]2O[C@@H](CN(C)Cc3ccccc3)[C@@H](C)[C@@H](c3ccc(CO)cc3)O2)cc1. The van der Waals surface area contributed by atoms with Gasteiger partial charge in [0.05, 0.1) is 18.8 Å². The molecule has 0 unspecified atom stereocenters. The van der Waals surface area contributed by atoms with Gasteiger partial charge in [-0.05, 0) is 40.4 Å². The topological polar surface area (TPSA) is 71.0 Å². The predicted molar refractivity (Wildman–Crippen MR) is 165 cm³/mol. The molecule has 1 amide bonds. The van der Waals surface area contributed by atoms with E-state index in [1.165, 1.54) is 12.5 Å². The van der Waals surface area contributed by atoms with Gasteiger partial charge in [-0.2, -0.15) is 0 Å². The van der Waals surface area contributed by atoms with Crippen LogP contribution in [-0.2, 0) is 34.0 Å². The molecule has 1 saturated heterocycles. The summed E-state index contributed by atoms with van der Waals surface area (Å²) < 4.78 is 13.3. The molecule has 0 aromatic heterocycles. The number of carbonyl (C=O) groups is 1. The molecule has 42 heavy (non-hydrogen) atoms. The van der Waals surface area contributed by atoms with E-state index in [1.807, 2.05) is 36.4 Å². The van der Waals surface area contributed by atoms with Crippen LogP contribution >= 0.6 is 0 Å². The lowest BCUT2D eigenvalue weighted by atomic mass is 9.90. The van der Waals surface area contributed by atoms with E-state index in [1.54, 1.807) is 0 Å². The monoisotopic (exact) mass is 564 g/mol. The van der Waals surface area contributed by atoms with Crippen molar-refractivity contribution in [1.29, 1.82) is 0 Å². The third-order valence-electron chi connectivity index (χ3n) is 7.95. The Morgan fingerprint density at radius 3 is 2.19 bits per heavy atom. The first-order valence-electron chi connectivity index (χ1n) is 14.6. The van der Waals surface area contributed by atoms with Gasteiger partial charge in [-0.1, -0.05) is 110 Å². The van der Waals surface area contributed by atoms with Crippen LogP contribution in [0.2, 0.25) is 0 Å². The Morgan fingerprint density at radius 2 is 1.50 bits per heavy atom. The number of hydrogen-bond acceptors (Lipinski definition) is 5. The smallest absolute Gasteiger partial charge is 0.217 e. The molecule has 6 heteroatoms. The molecular weight excluding hydrogens is 524 g/mol. The van der Waals surface area contributed by atoms with Gasteiger partial charge in [0.1, 0.15) is 0 Å². The number of nitrogens with one attached hydrogen (secondary N) is 1. The maximum absolute atomic E-state index is 11.5. The number of aliphatic hydroxyl groups excluding tert-OH is 1. The van der Waals surface area contributed by atoms with Gasteiger partial charge in [0, 0.05) is 38.0 Å². The average molecular weight is 565 g/mol. The molecule has 4 atom stereocenters. The van der Waals surface area contributed by atoms with Crippen molar-refractivity contribution in [2.24, 2.45) is 5.92 Å². The first-order chi connectivity index (χ1) is 20.4. The number of rotatable bonds is 10. The molecule has 0 spiro atoms. The number of benzene rings is 4. The van der Waals surface area contributed by atoms with E-state index in [0.717, 1.165) is 46.5 Å². The molecule has 0 aliphatic carbocycles. The molecule has 218 valence electrons. The normalized spacial score (nSPS) is 20.4. The number of aliphatic hydroxyl groups is 1. The Morgan fingerprint density at radius 1 is 0.833 bits per heavy atom. The zero-order valence-corrected chi connectivity index (χ0v) is 24.6. The van der Waals surface area contributed by atoms with Gasteiger partial charge in [0.25, 0.3) is 0 Å². The Labute approximate surface area is 248 Å². The van der Waals surface area contributed by atoms with Gasteiger partial charge in [0.2, 0.25) is 5.91 Å². The van der Waals surface area contributed by atoms with Gasteiger partial charge in [-0.15, -0.1) is 0 Å². The second kappa shape index (κ2) is 13.9. The molecule has 1 heterocycles. The van der Waals surface area contributed by atoms with Crippen molar-refractivity contribution in [3.05, 3.63) is 131 Å². The van der Waals surface area contributed by atoms with E-state index >= 15 is 0 Å². The minimum atomic E-state index is -0.525. The fourth-order valence-electron chi connectivity index (χ4n) is 5.59. The first kappa shape index (κ1) is 29.7. The molecule has 4 aromatic carbocycles. The van der Waals surface area contributed by atoms with Crippen LogP contribution in [0, 0.1) is 5.92 Å². The summed E-state index contributed by atoms with van der Waals surface area (Å²) in [6.07, 6.45) is -0.745. The summed E-state index contributed by atoms with van der Waals surface area (Å²) in [6, 6.07) is 34.9. The van der Waals surface area contributed by atoms with E-state index < -0.39 is 6.29 Å². The number of nitrogens with zero attached hydrogens (tertiary/aromatic N) is 1. The summed E-state index contributed by atoms with van der Waals surface area (Å²) in [5.74, 6) is 0.0601. The van der Waals surface area contributed by atoms with Crippen LogP contribution in [0.15, 0.2) is 103 Å². The third kappa shape index (κ3) is 7.33. The van der Waals surface area contributed by atoms with Crippen molar-refractivity contribution in [2.45, 2.75) is 52.0 Å². The molecule has 1 fully saturated rings. The molecule has 1 aliphatic heterocycles. The minimum Gasteiger partial charge on any atom is -0.392 e. The molecule has 6 nitrogen and oxygen atoms in total. The fraction of sp³-hybridized carbons (Fsp3) is 0.306. The van der Waals surface area contributed by atoms with Crippen LogP contribution in [0.4, 0.5) is 0 Å². The largest absolute Gasteiger partial charge is 0.392 e. The fourth-order valence-corrected chi connectivity index (χ4v) is 5.59. The summed E-state index contributed by atoms with van der Waals surface area (Å²) >= 11 is 0. The van der Waals surface area contributed by atoms with Crippen LogP contribution in [-0.4, -0.2) is 35.6 Å². The number of carbonyl (C=O) groups excluding carboxylic acids is 1. The molecule has 4 aromatic rings. The molecule has 1 aliphatic rings. The van der Waals surface area contributed by atoms with Gasteiger partial charge >= 0.3 is 0 Å². The van der Waals surface area contributed by atoms with Crippen LogP contribution in [0.5, 0.6) is 0 Å². The minimum absolute atomic E-state index is 0.0142. The van der Waals surface area contributed by atoms with Gasteiger partial charge in [0.15, 0.2) is 6.29 Å². The zero-order valence-electron chi connectivity index (χ0n) is 24.6. The highest BCUT2D eigenvalue weighted by molar-refractivity contribution is 5.74. The highest BCUT2D eigenvalue weighted by Gasteiger charge is 2.38. The van der Waals surface area contributed by atoms with Gasteiger partial charge in [-0.25, -0.2) is 0 Å². The van der Waals surface area contributed by atoms with E-state index in [0.29, 0.717) is 6.54 Å². The predicted octanol–water partition coefficient (Wildman–Crippen LogP) is 6.41. The second-order valence-corrected chi connectivity index (χ2v) is 11.2. The van der Waals surface area contributed by atoms with Gasteiger partial charge in [-0.3, -0.25) is 9.69 Å². The number of amides is 1. The lowest BCUT2D eigenvalue weighted by Gasteiger charge is -2.42. The van der Waals surface area contributed by atoms with Crippen molar-refractivity contribution in [2.75, 3.05) is 13.6 Å².